The molecule has 0 atom stereocenters. The Morgan fingerprint density at radius 1 is 1.08 bits per heavy atom. The van der Waals surface area contributed by atoms with Crippen LogP contribution in [0, 0.1) is 0 Å². The fourth-order valence-electron chi connectivity index (χ4n) is 3.28. The Bertz CT molecular complexity index is 929. The molecule has 0 aromatic carbocycles. The molecule has 0 fully saturated rings. The molecule has 3 aromatic rings. The van der Waals surface area contributed by atoms with Gasteiger partial charge in [0.1, 0.15) is 5.75 Å². The summed E-state index contributed by atoms with van der Waals surface area (Å²) in [6, 6.07) is 8.36. The molecule has 0 aliphatic heterocycles. The lowest BCUT2D eigenvalue weighted by molar-refractivity contribution is 0.340. The van der Waals surface area contributed by atoms with E-state index in [9.17, 15) is 0 Å². The zero-order chi connectivity index (χ0) is 18.4. The van der Waals surface area contributed by atoms with Crippen LogP contribution in [0.4, 0.5) is 0 Å². The van der Waals surface area contributed by atoms with Gasteiger partial charge >= 0.3 is 0 Å². The first-order valence-electron chi connectivity index (χ1n) is 9.60. The second kappa shape index (κ2) is 8.65. The monoisotopic (exact) mass is 351 g/mol. The Balaban J connectivity index is 1.96. The molecule has 0 aliphatic carbocycles. The predicted octanol–water partition coefficient (Wildman–Crippen LogP) is 4.10. The number of H-pyrrole nitrogens is 3. The van der Waals surface area contributed by atoms with Crippen LogP contribution in [0.15, 0.2) is 30.5 Å². The van der Waals surface area contributed by atoms with Gasteiger partial charge in [-0.1, -0.05) is 25.8 Å². The normalized spacial score (nSPS) is 12.9. The van der Waals surface area contributed by atoms with Gasteiger partial charge in [-0.25, -0.2) is 0 Å². The molecule has 0 aliphatic rings. The Morgan fingerprint density at radius 3 is 2.65 bits per heavy atom. The number of aromatic amines is 3. The molecule has 0 radical (unpaired) electrons. The Morgan fingerprint density at radius 2 is 1.96 bits per heavy atom. The third-order valence-corrected chi connectivity index (χ3v) is 4.59. The van der Waals surface area contributed by atoms with Gasteiger partial charge in [-0.3, -0.25) is 0 Å². The molecule has 0 saturated carbocycles. The van der Waals surface area contributed by atoms with Crippen LogP contribution in [0.25, 0.3) is 23.5 Å². The van der Waals surface area contributed by atoms with Crippen LogP contribution in [-0.4, -0.2) is 21.6 Å². The van der Waals surface area contributed by atoms with E-state index in [0.717, 1.165) is 34.6 Å². The third-order valence-electron chi connectivity index (χ3n) is 4.59. The van der Waals surface area contributed by atoms with Gasteiger partial charge in [0.25, 0.3) is 0 Å². The van der Waals surface area contributed by atoms with E-state index < -0.39 is 0 Å². The van der Waals surface area contributed by atoms with Crippen molar-refractivity contribution in [2.24, 2.45) is 0 Å². The zero-order valence-corrected chi connectivity index (χ0v) is 16.0. The quantitative estimate of drug-likeness (QED) is 0.526. The van der Waals surface area contributed by atoms with E-state index in [1.165, 1.54) is 30.2 Å². The van der Waals surface area contributed by atoms with Crippen molar-refractivity contribution in [3.05, 3.63) is 52.4 Å². The van der Waals surface area contributed by atoms with Gasteiger partial charge < -0.3 is 19.7 Å². The van der Waals surface area contributed by atoms with Crippen LogP contribution in [-0.2, 0) is 6.42 Å². The van der Waals surface area contributed by atoms with Gasteiger partial charge in [0.2, 0.25) is 0 Å². The molecule has 0 amide bonds. The standard InChI is InChI=1S/C22H29N3O/c1-4-7-8-10-16-13-17(24-18(16)5-2)14-21-22(26-6-3)15-20(25-21)19-11-9-12-23-19/h5,9,11-15,23-25H,4,6-8,10H2,1-3H3. The van der Waals surface area contributed by atoms with Crippen molar-refractivity contribution in [3.63, 3.8) is 0 Å². The maximum absolute atomic E-state index is 5.83. The average molecular weight is 351 g/mol. The van der Waals surface area contributed by atoms with Gasteiger partial charge in [-0.2, -0.15) is 0 Å². The number of nitrogens with one attached hydrogen (secondary N) is 3. The first-order chi connectivity index (χ1) is 12.7. The van der Waals surface area contributed by atoms with Crippen LogP contribution in [0.3, 0.4) is 0 Å². The van der Waals surface area contributed by atoms with E-state index in [0.29, 0.717) is 6.61 Å². The number of rotatable bonds is 8. The molecule has 4 nitrogen and oxygen atoms in total. The smallest absolute Gasteiger partial charge is 0.144 e. The van der Waals surface area contributed by atoms with Gasteiger partial charge in [0, 0.05) is 23.0 Å². The second-order valence-corrected chi connectivity index (χ2v) is 6.53. The fourth-order valence-corrected chi connectivity index (χ4v) is 3.28. The average Bonchev–Trinajstić information content (AvgIpc) is 3.36. The fraction of sp³-hybridized carbons (Fsp3) is 0.364. The second-order valence-electron chi connectivity index (χ2n) is 6.53. The van der Waals surface area contributed by atoms with Crippen LogP contribution < -0.4 is 15.4 Å². The van der Waals surface area contributed by atoms with E-state index in [1.54, 1.807) is 0 Å². The molecule has 138 valence electrons. The highest BCUT2D eigenvalue weighted by molar-refractivity contribution is 5.65. The van der Waals surface area contributed by atoms with Crippen molar-refractivity contribution in [1.82, 2.24) is 15.0 Å². The van der Waals surface area contributed by atoms with Gasteiger partial charge in [0.15, 0.2) is 0 Å². The summed E-state index contributed by atoms with van der Waals surface area (Å²) in [5, 5.41) is 2.33. The summed E-state index contributed by atoms with van der Waals surface area (Å²) in [5.41, 5.74) is 4.46. The molecule has 3 rings (SSSR count). The molecule has 3 N–H and O–H groups in total. The van der Waals surface area contributed by atoms with Crippen molar-refractivity contribution < 1.29 is 4.74 Å². The van der Waals surface area contributed by atoms with Crippen molar-refractivity contribution in [2.45, 2.75) is 46.5 Å². The molecule has 3 heterocycles. The van der Waals surface area contributed by atoms with Crippen LogP contribution in [0.5, 0.6) is 5.75 Å². The lowest BCUT2D eigenvalue weighted by atomic mass is 10.1. The van der Waals surface area contributed by atoms with E-state index in [1.807, 2.05) is 19.2 Å². The summed E-state index contributed by atoms with van der Waals surface area (Å²) in [7, 11) is 0. The maximum atomic E-state index is 5.83. The van der Waals surface area contributed by atoms with Crippen LogP contribution in [0.2, 0.25) is 0 Å². The highest BCUT2D eigenvalue weighted by Crippen LogP contribution is 2.26. The minimum absolute atomic E-state index is 0.643. The van der Waals surface area contributed by atoms with Crippen LogP contribution >= 0.6 is 0 Å². The molecule has 0 bridgehead atoms. The Hall–Kier alpha value is -2.62. The predicted molar refractivity (Wildman–Crippen MR) is 109 cm³/mol. The Kier molecular flexibility index (Phi) is 6.05. The number of unbranched alkanes of at least 4 members (excludes halogenated alkanes) is 2. The maximum Gasteiger partial charge on any atom is 0.144 e. The van der Waals surface area contributed by atoms with Gasteiger partial charge in [-0.05, 0) is 56.5 Å². The van der Waals surface area contributed by atoms with E-state index in [-0.39, 0.29) is 0 Å². The van der Waals surface area contributed by atoms with E-state index >= 15 is 0 Å². The topological polar surface area (TPSA) is 56.6 Å². The summed E-state index contributed by atoms with van der Waals surface area (Å²) < 4.78 is 5.83. The molecule has 3 aromatic heterocycles. The molecule has 0 spiro atoms. The molecular weight excluding hydrogens is 322 g/mol. The van der Waals surface area contributed by atoms with Gasteiger partial charge in [0.05, 0.1) is 23.7 Å². The first-order valence-corrected chi connectivity index (χ1v) is 9.60. The lowest BCUT2D eigenvalue weighted by Crippen LogP contribution is -2.11. The highest BCUT2D eigenvalue weighted by Gasteiger charge is 2.10. The van der Waals surface area contributed by atoms with E-state index in [4.69, 9.17) is 4.74 Å². The first kappa shape index (κ1) is 18.2. The van der Waals surface area contributed by atoms with Crippen molar-refractivity contribution in [1.29, 1.82) is 0 Å². The summed E-state index contributed by atoms with van der Waals surface area (Å²) in [4.78, 5) is 10.2. The number of aryl methyl sites for hydroxylation is 1. The SMILES string of the molecule is CC=c1[nH]c(=Cc2[nH]c(-c3ccc[nH]3)cc2OCC)cc1CCCCC. The summed E-state index contributed by atoms with van der Waals surface area (Å²) >= 11 is 0. The molecule has 0 unspecified atom stereocenters. The van der Waals surface area contributed by atoms with Crippen molar-refractivity contribution in [3.8, 4) is 17.1 Å². The number of hydrogen-bond acceptors (Lipinski definition) is 1. The van der Waals surface area contributed by atoms with Crippen LogP contribution in [0.1, 0.15) is 51.3 Å². The minimum Gasteiger partial charge on any atom is -0.492 e. The minimum atomic E-state index is 0.643. The summed E-state index contributed by atoms with van der Waals surface area (Å²) in [6.45, 7) is 6.98. The largest absolute Gasteiger partial charge is 0.492 e. The van der Waals surface area contributed by atoms with E-state index in [2.05, 4.69) is 59.2 Å². The number of ether oxygens (including phenoxy) is 1. The number of aromatic nitrogens is 3. The summed E-state index contributed by atoms with van der Waals surface area (Å²) in [5.74, 6) is 0.876. The highest BCUT2D eigenvalue weighted by atomic mass is 16.5. The number of hydrogen-bond donors (Lipinski definition) is 3. The van der Waals surface area contributed by atoms with Crippen molar-refractivity contribution >= 4 is 12.2 Å². The summed E-state index contributed by atoms with van der Waals surface area (Å²) in [6.07, 6.45) is 11.1. The lowest BCUT2D eigenvalue weighted by Gasteiger charge is -1.99. The molecule has 4 heteroatoms. The zero-order valence-electron chi connectivity index (χ0n) is 16.0. The third kappa shape index (κ3) is 4.13. The Labute approximate surface area is 155 Å². The van der Waals surface area contributed by atoms with Gasteiger partial charge in [-0.15, -0.1) is 0 Å². The molecular formula is C22H29N3O. The molecule has 26 heavy (non-hydrogen) atoms. The molecule has 0 saturated heterocycles. The van der Waals surface area contributed by atoms with Crippen molar-refractivity contribution in [2.75, 3.05) is 6.61 Å².